The van der Waals surface area contributed by atoms with Crippen LogP contribution in [0.1, 0.15) is 12.0 Å². The van der Waals surface area contributed by atoms with Crippen LogP contribution in [0.5, 0.6) is 0 Å². The quantitative estimate of drug-likeness (QED) is 0.622. The summed E-state index contributed by atoms with van der Waals surface area (Å²) >= 11 is 12.0. The summed E-state index contributed by atoms with van der Waals surface area (Å²) in [6, 6.07) is 14.4. The Kier molecular flexibility index (Phi) is 6.25. The molecule has 0 aliphatic carbocycles. The number of halogens is 2. The lowest BCUT2D eigenvalue weighted by molar-refractivity contribution is -0.115. The summed E-state index contributed by atoms with van der Waals surface area (Å²) in [6.07, 6.45) is 1.51. The molecule has 4 nitrogen and oxygen atoms in total. The van der Waals surface area contributed by atoms with E-state index in [9.17, 15) is 4.79 Å². The Morgan fingerprint density at radius 3 is 2.45 bits per heavy atom. The third kappa shape index (κ3) is 5.06. The van der Waals surface area contributed by atoms with Crippen molar-refractivity contribution in [2.24, 2.45) is 5.16 Å². The number of oxime groups is 1. The van der Waals surface area contributed by atoms with Gasteiger partial charge in [-0.3, -0.25) is 4.79 Å². The molecule has 0 atom stereocenters. The molecule has 0 bridgehead atoms. The zero-order valence-electron chi connectivity index (χ0n) is 11.6. The first-order chi connectivity index (χ1) is 10.7. The van der Waals surface area contributed by atoms with E-state index in [-0.39, 0.29) is 18.9 Å². The molecule has 2 aromatic carbocycles. The number of anilines is 1. The molecule has 0 saturated heterocycles. The van der Waals surface area contributed by atoms with E-state index < -0.39 is 0 Å². The summed E-state index contributed by atoms with van der Waals surface area (Å²) in [4.78, 5) is 16.8. The highest BCUT2D eigenvalue weighted by atomic mass is 35.5. The highest BCUT2D eigenvalue weighted by Crippen LogP contribution is 2.24. The third-order valence-corrected chi connectivity index (χ3v) is 3.46. The molecule has 1 N–H and O–H groups in total. The van der Waals surface area contributed by atoms with Crippen LogP contribution in [0.25, 0.3) is 0 Å². The summed E-state index contributed by atoms with van der Waals surface area (Å²) in [7, 11) is 0. The van der Waals surface area contributed by atoms with E-state index in [1.165, 1.54) is 6.21 Å². The average Bonchev–Trinajstić information content (AvgIpc) is 2.50. The summed E-state index contributed by atoms with van der Waals surface area (Å²) in [6.45, 7) is 0.148. The number of hydrogen-bond acceptors (Lipinski definition) is 3. The number of rotatable bonds is 6. The number of benzene rings is 2. The van der Waals surface area contributed by atoms with E-state index in [0.29, 0.717) is 15.6 Å². The fourth-order valence-corrected chi connectivity index (χ4v) is 2.18. The first kappa shape index (κ1) is 16.3. The third-order valence-electron chi connectivity index (χ3n) is 2.75. The van der Waals surface area contributed by atoms with Crippen LogP contribution in [0.2, 0.25) is 10.0 Å². The van der Waals surface area contributed by atoms with Gasteiger partial charge in [0.05, 0.1) is 12.6 Å². The van der Waals surface area contributed by atoms with E-state index in [2.05, 4.69) is 10.5 Å². The number of hydrogen-bond donors (Lipinski definition) is 1. The van der Waals surface area contributed by atoms with Gasteiger partial charge in [0.2, 0.25) is 5.91 Å². The Morgan fingerprint density at radius 2 is 1.77 bits per heavy atom. The van der Waals surface area contributed by atoms with Gasteiger partial charge in [0.1, 0.15) is 6.61 Å². The summed E-state index contributed by atoms with van der Waals surface area (Å²) in [5.41, 5.74) is 1.40. The summed E-state index contributed by atoms with van der Waals surface area (Å²) in [5, 5.41) is 7.50. The lowest BCUT2D eigenvalue weighted by atomic mass is 10.2. The number of nitrogens with one attached hydrogen (secondary N) is 1. The lowest BCUT2D eigenvalue weighted by Gasteiger charge is -2.05. The van der Waals surface area contributed by atoms with Crippen molar-refractivity contribution < 1.29 is 9.63 Å². The topological polar surface area (TPSA) is 50.7 Å². The minimum atomic E-state index is -0.172. The first-order valence-corrected chi connectivity index (χ1v) is 7.34. The molecule has 6 heteroatoms. The highest BCUT2D eigenvalue weighted by molar-refractivity contribution is 6.35. The number of para-hydroxylation sites is 1. The van der Waals surface area contributed by atoms with Gasteiger partial charge < -0.3 is 10.2 Å². The molecule has 22 heavy (non-hydrogen) atoms. The first-order valence-electron chi connectivity index (χ1n) is 6.58. The average molecular weight is 337 g/mol. The molecule has 2 rings (SSSR count). The van der Waals surface area contributed by atoms with Crippen molar-refractivity contribution in [3.63, 3.8) is 0 Å². The van der Waals surface area contributed by atoms with Crippen molar-refractivity contribution in [3.8, 4) is 0 Å². The number of amides is 1. The van der Waals surface area contributed by atoms with Gasteiger partial charge in [-0.2, -0.15) is 0 Å². The predicted octanol–water partition coefficient (Wildman–Crippen LogP) is 4.52. The molecule has 0 heterocycles. The highest BCUT2D eigenvalue weighted by Gasteiger charge is 2.05. The van der Waals surface area contributed by atoms with E-state index in [0.717, 1.165) is 5.69 Å². The molecule has 0 saturated carbocycles. The van der Waals surface area contributed by atoms with Gasteiger partial charge in [-0.1, -0.05) is 52.6 Å². The molecule has 0 unspecified atom stereocenters. The van der Waals surface area contributed by atoms with Gasteiger partial charge in [0.15, 0.2) is 0 Å². The molecule has 0 aliphatic heterocycles. The Morgan fingerprint density at radius 1 is 1.09 bits per heavy atom. The second-order valence-corrected chi connectivity index (χ2v) is 5.19. The predicted molar refractivity (Wildman–Crippen MR) is 89.4 cm³/mol. The summed E-state index contributed by atoms with van der Waals surface area (Å²) in [5.74, 6) is -0.172. The minimum absolute atomic E-state index is 0.116. The minimum Gasteiger partial charge on any atom is -0.391 e. The lowest BCUT2D eigenvalue weighted by Crippen LogP contribution is -2.11. The van der Waals surface area contributed by atoms with Gasteiger partial charge in [0, 0.05) is 21.3 Å². The van der Waals surface area contributed by atoms with E-state index in [4.69, 9.17) is 28.0 Å². The molecular weight excluding hydrogens is 323 g/mol. The zero-order valence-corrected chi connectivity index (χ0v) is 13.1. The number of carbonyl (C=O) groups excluding carboxylic acids is 1. The van der Waals surface area contributed by atoms with Crippen molar-refractivity contribution in [3.05, 3.63) is 64.1 Å². The van der Waals surface area contributed by atoms with Crippen molar-refractivity contribution >= 4 is 41.0 Å². The van der Waals surface area contributed by atoms with Crippen molar-refractivity contribution in [2.45, 2.75) is 13.0 Å². The molecule has 0 fully saturated rings. The van der Waals surface area contributed by atoms with Crippen molar-refractivity contribution in [1.29, 1.82) is 0 Å². The van der Waals surface area contributed by atoms with Crippen molar-refractivity contribution in [1.82, 2.24) is 0 Å². The van der Waals surface area contributed by atoms with Crippen molar-refractivity contribution in [2.75, 3.05) is 5.32 Å². The normalized spacial score (nSPS) is 10.6. The van der Waals surface area contributed by atoms with Gasteiger partial charge in [-0.05, 0) is 24.3 Å². The summed E-state index contributed by atoms with van der Waals surface area (Å²) < 4.78 is 0. The Bertz CT molecular complexity index is 640. The molecule has 0 aromatic heterocycles. The fourth-order valence-electron chi connectivity index (χ4n) is 1.68. The van der Waals surface area contributed by atoms with E-state index in [1.54, 1.807) is 18.2 Å². The second kappa shape index (κ2) is 8.41. The van der Waals surface area contributed by atoms with Gasteiger partial charge in [-0.15, -0.1) is 0 Å². The van der Waals surface area contributed by atoms with E-state index in [1.807, 2.05) is 30.3 Å². The van der Waals surface area contributed by atoms with Gasteiger partial charge in [0.25, 0.3) is 0 Å². The molecular formula is C16H14Cl2N2O2. The number of nitrogens with zero attached hydrogens (tertiary/aromatic N) is 1. The maximum Gasteiger partial charge on any atom is 0.229 e. The second-order valence-electron chi connectivity index (χ2n) is 4.38. The standard InChI is InChI=1S/C16H14Cl2N2O2/c17-14-7-4-8-15(18)13(14)11-22-19-10-9-16(21)20-12-5-2-1-3-6-12/h1-8,10H,9,11H2,(H,20,21)/b19-10-. The fraction of sp³-hybridized carbons (Fsp3) is 0.125. The maximum atomic E-state index is 11.7. The van der Waals surface area contributed by atoms with Crippen LogP contribution in [0, 0.1) is 0 Å². The monoisotopic (exact) mass is 336 g/mol. The largest absolute Gasteiger partial charge is 0.391 e. The smallest absolute Gasteiger partial charge is 0.229 e. The Hall–Kier alpha value is -2.04. The Labute approximate surface area is 138 Å². The van der Waals surface area contributed by atoms with Crippen LogP contribution in [0.3, 0.4) is 0 Å². The SMILES string of the molecule is O=C(C/C=N\OCc1c(Cl)cccc1Cl)Nc1ccccc1. The van der Waals surface area contributed by atoms with Crippen LogP contribution >= 0.6 is 23.2 Å². The molecule has 0 aliphatic rings. The van der Waals surface area contributed by atoms with Crippen LogP contribution in [-0.2, 0) is 16.2 Å². The van der Waals surface area contributed by atoms with Crippen LogP contribution in [0.4, 0.5) is 5.69 Å². The molecule has 0 spiro atoms. The van der Waals surface area contributed by atoms with Crippen LogP contribution in [-0.4, -0.2) is 12.1 Å². The molecule has 0 radical (unpaired) electrons. The molecule has 1 amide bonds. The molecule has 114 valence electrons. The maximum absolute atomic E-state index is 11.7. The zero-order chi connectivity index (χ0) is 15.8. The van der Waals surface area contributed by atoms with Crippen LogP contribution in [0.15, 0.2) is 53.7 Å². The van der Waals surface area contributed by atoms with Gasteiger partial charge in [-0.25, -0.2) is 0 Å². The Balaban J connectivity index is 1.75. The number of carbonyl (C=O) groups is 1. The van der Waals surface area contributed by atoms with Gasteiger partial charge >= 0.3 is 0 Å². The molecule has 2 aromatic rings. The van der Waals surface area contributed by atoms with Crippen LogP contribution < -0.4 is 5.32 Å². The van der Waals surface area contributed by atoms with E-state index >= 15 is 0 Å².